The molecule has 0 aromatic heterocycles. The second-order valence-electron chi connectivity index (χ2n) is 5.09. The van der Waals surface area contributed by atoms with Crippen molar-refractivity contribution in [3.05, 3.63) is 0 Å². The van der Waals surface area contributed by atoms with Crippen LogP contribution in [0.15, 0.2) is 0 Å². The molecule has 1 heterocycles. The van der Waals surface area contributed by atoms with E-state index in [-0.39, 0.29) is 5.91 Å². The molecule has 0 saturated carbocycles. The first-order valence-electron chi connectivity index (χ1n) is 6.07. The van der Waals surface area contributed by atoms with Crippen molar-refractivity contribution in [2.24, 2.45) is 17.8 Å². The third-order valence-corrected chi connectivity index (χ3v) is 3.40. The fourth-order valence-corrected chi connectivity index (χ4v) is 1.73. The van der Waals surface area contributed by atoms with Crippen LogP contribution in [0.4, 0.5) is 0 Å². The van der Waals surface area contributed by atoms with Crippen LogP contribution in [0.5, 0.6) is 0 Å². The predicted octanol–water partition coefficient (Wildman–Crippen LogP) is 1.39. The zero-order valence-corrected chi connectivity index (χ0v) is 10.2. The van der Waals surface area contributed by atoms with E-state index >= 15 is 0 Å². The Morgan fingerprint density at radius 1 is 1.47 bits per heavy atom. The van der Waals surface area contributed by atoms with Crippen molar-refractivity contribution < 1.29 is 4.79 Å². The summed E-state index contributed by atoms with van der Waals surface area (Å²) in [5.74, 6) is 1.98. The van der Waals surface area contributed by atoms with E-state index in [0.717, 1.165) is 26.1 Å². The normalized spacial score (nSPS) is 23.1. The van der Waals surface area contributed by atoms with E-state index in [1.54, 1.807) is 0 Å². The second kappa shape index (κ2) is 6.11. The Morgan fingerprint density at radius 3 is 2.73 bits per heavy atom. The number of hydrogen-bond donors (Lipinski definition) is 2. The smallest absolute Gasteiger partial charge is 0.220 e. The van der Waals surface area contributed by atoms with Gasteiger partial charge < -0.3 is 10.6 Å². The molecule has 1 amide bonds. The van der Waals surface area contributed by atoms with Crippen LogP contribution < -0.4 is 10.6 Å². The van der Waals surface area contributed by atoms with Crippen LogP contribution in [-0.2, 0) is 4.79 Å². The minimum absolute atomic E-state index is 0.219. The highest BCUT2D eigenvalue weighted by Gasteiger charge is 2.18. The maximum Gasteiger partial charge on any atom is 0.220 e. The molecule has 0 aromatic carbocycles. The predicted molar refractivity (Wildman–Crippen MR) is 62.6 cm³/mol. The molecule has 3 nitrogen and oxygen atoms in total. The van der Waals surface area contributed by atoms with Crippen molar-refractivity contribution in [2.75, 3.05) is 19.6 Å². The number of rotatable bonds is 5. The molecule has 0 aliphatic carbocycles. The van der Waals surface area contributed by atoms with Crippen molar-refractivity contribution in [2.45, 2.75) is 33.6 Å². The monoisotopic (exact) mass is 212 g/mol. The quantitative estimate of drug-likeness (QED) is 0.723. The Kier molecular flexibility index (Phi) is 5.09. The molecule has 0 spiro atoms. The van der Waals surface area contributed by atoms with Gasteiger partial charge >= 0.3 is 0 Å². The molecule has 0 bridgehead atoms. The summed E-state index contributed by atoms with van der Waals surface area (Å²) in [7, 11) is 0. The van der Waals surface area contributed by atoms with E-state index in [0.29, 0.717) is 24.2 Å². The van der Waals surface area contributed by atoms with Crippen LogP contribution in [0.3, 0.4) is 0 Å². The van der Waals surface area contributed by atoms with E-state index < -0.39 is 0 Å². The molecule has 3 heteroatoms. The van der Waals surface area contributed by atoms with Gasteiger partial charge in [-0.1, -0.05) is 20.8 Å². The molecule has 0 radical (unpaired) electrons. The van der Waals surface area contributed by atoms with Crippen LogP contribution in [0.2, 0.25) is 0 Å². The minimum Gasteiger partial charge on any atom is -0.356 e. The summed E-state index contributed by atoms with van der Waals surface area (Å²) in [4.78, 5) is 11.6. The molecule has 88 valence electrons. The van der Waals surface area contributed by atoms with Gasteiger partial charge in [-0.3, -0.25) is 4.79 Å². The maximum atomic E-state index is 11.6. The number of carbonyl (C=O) groups is 1. The molecule has 1 aliphatic heterocycles. The highest BCUT2D eigenvalue weighted by molar-refractivity contribution is 5.76. The van der Waals surface area contributed by atoms with Crippen molar-refractivity contribution in [3.63, 3.8) is 0 Å². The third kappa shape index (κ3) is 4.65. The maximum absolute atomic E-state index is 11.6. The Hall–Kier alpha value is -0.570. The molecule has 1 fully saturated rings. The van der Waals surface area contributed by atoms with Gasteiger partial charge in [-0.15, -0.1) is 0 Å². The van der Waals surface area contributed by atoms with Gasteiger partial charge in [0.15, 0.2) is 0 Å². The lowest BCUT2D eigenvalue weighted by Crippen LogP contribution is -2.31. The van der Waals surface area contributed by atoms with Gasteiger partial charge in [0.05, 0.1) is 0 Å². The lowest BCUT2D eigenvalue weighted by atomic mass is 9.98. The zero-order chi connectivity index (χ0) is 11.3. The first-order valence-corrected chi connectivity index (χ1v) is 6.07. The van der Waals surface area contributed by atoms with Gasteiger partial charge in [-0.2, -0.15) is 0 Å². The van der Waals surface area contributed by atoms with Gasteiger partial charge in [-0.25, -0.2) is 0 Å². The SMILES string of the molecule is CC(C)C(C)CNC(=O)CC1CCNC1. The van der Waals surface area contributed by atoms with E-state index in [1.165, 1.54) is 0 Å². The number of amides is 1. The fraction of sp³-hybridized carbons (Fsp3) is 0.917. The first kappa shape index (κ1) is 12.5. The Bertz CT molecular complexity index is 198. The third-order valence-electron chi connectivity index (χ3n) is 3.40. The van der Waals surface area contributed by atoms with E-state index in [9.17, 15) is 4.79 Å². The summed E-state index contributed by atoms with van der Waals surface area (Å²) >= 11 is 0. The van der Waals surface area contributed by atoms with Crippen LogP contribution in [0, 0.1) is 17.8 Å². The molecule has 1 saturated heterocycles. The lowest BCUT2D eigenvalue weighted by molar-refractivity contribution is -0.122. The summed E-state index contributed by atoms with van der Waals surface area (Å²) < 4.78 is 0. The molecule has 1 aliphatic rings. The summed E-state index contributed by atoms with van der Waals surface area (Å²) in [6.07, 6.45) is 1.84. The Labute approximate surface area is 93.0 Å². The topological polar surface area (TPSA) is 41.1 Å². The van der Waals surface area contributed by atoms with E-state index in [2.05, 4.69) is 31.4 Å². The molecule has 2 N–H and O–H groups in total. The first-order chi connectivity index (χ1) is 7.09. The Balaban J connectivity index is 2.12. The molecule has 1 rings (SSSR count). The van der Waals surface area contributed by atoms with Crippen molar-refractivity contribution in [3.8, 4) is 0 Å². The Morgan fingerprint density at radius 2 is 2.20 bits per heavy atom. The molecular formula is C12H24N2O. The second-order valence-corrected chi connectivity index (χ2v) is 5.09. The highest BCUT2D eigenvalue weighted by Crippen LogP contribution is 2.12. The lowest BCUT2D eigenvalue weighted by Gasteiger charge is -2.16. The van der Waals surface area contributed by atoms with E-state index in [4.69, 9.17) is 0 Å². The number of carbonyl (C=O) groups excluding carboxylic acids is 1. The zero-order valence-electron chi connectivity index (χ0n) is 10.2. The summed E-state index contributed by atoms with van der Waals surface area (Å²) in [5.41, 5.74) is 0. The van der Waals surface area contributed by atoms with Gasteiger partial charge in [0.1, 0.15) is 0 Å². The highest BCUT2D eigenvalue weighted by atomic mass is 16.1. The van der Waals surface area contributed by atoms with Crippen LogP contribution in [0.25, 0.3) is 0 Å². The van der Waals surface area contributed by atoms with Crippen molar-refractivity contribution >= 4 is 5.91 Å². The summed E-state index contributed by atoms with van der Waals surface area (Å²) in [5, 5.41) is 6.30. The molecule has 2 unspecified atom stereocenters. The van der Waals surface area contributed by atoms with Gasteiger partial charge in [0.2, 0.25) is 5.91 Å². The van der Waals surface area contributed by atoms with Gasteiger partial charge in [0.25, 0.3) is 0 Å². The average Bonchev–Trinajstić information content (AvgIpc) is 2.66. The number of hydrogen-bond acceptors (Lipinski definition) is 2. The molecule has 15 heavy (non-hydrogen) atoms. The van der Waals surface area contributed by atoms with Crippen molar-refractivity contribution in [1.82, 2.24) is 10.6 Å². The average molecular weight is 212 g/mol. The van der Waals surface area contributed by atoms with Gasteiger partial charge in [0, 0.05) is 13.0 Å². The fourth-order valence-electron chi connectivity index (χ4n) is 1.73. The summed E-state index contributed by atoms with van der Waals surface area (Å²) in [6, 6.07) is 0. The minimum atomic E-state index is 0.219. The van der Waals surface area contributed by atoms with E-state index in [1.807, 2.05) is 0 Å². The molecular weight excluding hydrogens is 188 g/mol. The number of nitrogens with one attached hydrogen (secondary N) is 2. The van der Waals surface area contributed by atoms with Crippen molar-refractivity contribution in [1.29, 1.82) is 0 Å². The van der Waals surface area contributed by atoms with Crippen LogP contribution in [-0.4, -0.2) is 25.5 Å². The standard InChI is InChI=1S/C12H24N2O/c1-9(2)10(3)7-14-12(15)6-11-4-5-13-8-11/h9-11,13H,4-8H2,1-3H3,(H,14,15). The van der Waals surface area contributed by atoms with Gasteiger partial charge in [-0.05, 0) is 37.3 Å². The molecule has 2 atom stereocenters. The van der Waals surface area contributed by atoms with Crippen LogP contribution in [0.1, 0.15) is 33.6 Å². The molecule has 0 aromatic rings. The van der Waals surface area contributed by atoms with Crippen LogP contribution >= 0.6 is 0 Å². The largest absolute Gasteiger partial charge is 0.356 e. The summed E-state index contributed by atoms with van der Waals surface area (Å²) in [6.45, 7) is 9.46.